The lowest BCUT2D eigenvalue weighted by molar-refractivity contribution is -0.137. The van der Waals surface area contributed by atoms with Gasteiger partial charge in [-0.25, -0.2) is 0 Å². The highest BCUT2D eigenvalue weighted by molar-refractivity contribution is 5.76. The Morgan fingerprint density at radius 3 is 2.33 bits per heavy atom. The van der Waals surface area contributed by atoms with E-state index < -0.39 is 24.4 Å². The van der Waals surface area contributed by atoms with Crippen molar-refractivity contribution in [2.24, 2.45) is 11.7 Å². The summed E-state index contributed by atoms with van der Waals surface area (Å²) in [4.78, 5) is 10.4. The molecule has 1 unspecified atom stereocenters. The van der Waals surface area contributed by atoms with Crippen LogP contribution in [0.15, 0.2) is 0 Å². The quantitative estimate of drug-likeness (QED) is 0.710. The third-order valence-corrected chi connectivity index (χ3v) is 1.58. The largest absolute Gasteiger partial charge is 0.389 e. The predicted octanol–water partition coefficient (Wildman–Crippen LogP) is 1.84. The van der Waals surface area contributed by atoms with Crippen LogP contribution in [0.4, 0.5) is 13.2 Å². The standard InChI is InChI=1S/C7H12F3NO/c1-5(6(11)12)3-2-4-7(8,9)10/h5H,2-4H2,1H3,(H2,11,12). The van der Waals surface area contributed by atoms with E-state index in [4.69, 9.17) is 5.73 Å². The summed E-state index contributed by atoms with van der Waals surface area (Å²) < 4.78 is 34.8. The lowest BCUT2D eigenvalue weighted by Gasteiger charge is -2.08. The van der Waals surface area contributed by atoms with Crippen LogP contribution in [0.5, 0.6) is 0 Å². The van der Waals surface area contributed by atoms with Crippen molar-refractivity contribution in [2.45, 2.75) is 32.4 Å². The zero-order valence-electron chi connectivity index (χ0n) is 6.82. The summed E-state index contributed by atoms with van der Waals surface area (Å²) in [6.07, 6.45) is -4.80. The molecule has 0 saturated heterocycles. The first kappa shape index (κ1) is 11.3. The molecule has 72 valence electrons. The molecule has 0 aliphatic rings. The van der Waals surface area contributed by atoms with Crippen LogP contribution in [0.1, 0.15) is 26.2 Å². The van der Waals surface area contributed by atoms with E-state index in [1.54, 1.807) is 0 Å². The molecule has 12 heavy (non-hydrogen) atoms. The van der Waals surface area contributed by atoms with E-state index in [0.717, 1.165) is 0 Å². The lowest BCUT2D eigenvalue weighted by atomic mass is 10.0. The second-order valence-corrected chi connectivity index (χ2v) is 2.81. The number of primary amides is 1. The second-order valence-electron chi connectivity index (χ2n) is 2.81. The van der Waals surface area contributed by atoms with Gasteiger partial charge >= 0.3 is 6.18 Å². The number of hydrogen-bond donors (Lipinski definition) is 1. The molecule has 0 aliphatic heterocycles. The smallest absolute Gasteiger partial charge is 0.369 e. The summed E-state index contributed by atoms with van der Waals surface area (Å²) in [5, 5.41) is 0. The Kier molecular flexibility index (Phi) is 4.06. The molecule has 1 atom stereocenters. The zero-order chi connectivity index (χ0) is 9.78. The van der Waals surface area contributed by atoms with E-state index >= 15 is 0 Å². The van der Waals surface area contributed by atoms with Gasteiger partial charge in [0.1, 0.15) is 0 Å². The molecule has 1 amide bonds. The Labute approximate surface area is 68.9 Å². The molecule has 0 radical (unpaired) electrons. The second kappa shape index (κ2) is 4.33. The predicted molar refractivity (Wildman–Crippen MR) is 38.3 cm³/mol. The number of hydrogen-bond acceptors (Lipinski definition) is 1. The van der Waals surface area contributed by atoms with Crippen molar-refractivity contribution in [2.75, 3.05) is 0 Å². The highest BCUT2D eigenvalue weighted by atomic mass is 19.4. The van der Waals surface area contributed by atoms with Gasteiger partial charge in [0.25, 0.3) is 0 Å². The highest BCUT2D eigenvalue weighted by Gasteiger charge is 2.26. The molecule has 0 spiro atoms. The fourth-order valence-corrected chi connectivity index (χ4v) is 0.751. The fourth-order valence-electron chi connectivity index (χ4n) is 0.751. The maximum atomic E-state index is 11.6. The van der Waals surface area contributed by atoms with Crippen LogP contribution in [-0.4, -0.2) is 12.1 Å². The van der Waals surface area contributed by atoms with Crippen LogP contribution in [0.3, 0.4) is 0 Å². The summed E-state index contributed by atoms with van der Waals surface area (Å²) in [6.45, 7) is 1.53. The molecule has 0 aromatic carbocycles. The lowest BCUT2D eigenvalue weighted by Crippen LogP contribution is -2.21. The molecular weight excluding hydrogens is 171 g/mol. The van der Waals surface area contributed by atoms with E-state index in [1.165, 1.54) is 6.92 Å². The van der Waals surface area contributed by atoms with Crippen LogP contribution in [0, 0.1) is 5.92 Å². The van der Waals surface area contributed by atoms with Crippen LogP contribution < -0.4 is 5.73 Å². The molecule has 0 aromatic rings. The SMILES string of the molecule is CC(CCCC(F)(F)F)C(N)=O. The number of carbonyl (C=O) groups excluding carboxylic acids is 1. The number of halogens is 3. The van der Waals surface area contributed by atoms with Gasteiger partial charge in [-0.05, 0) is 12.8 Å². The van der Waals surface area contributed by atoms with Crippen LogP contribution in [0.25, 0.3) is 0 Å². The monoisotopic (exact) mass is 183 g/mol. The van der Waals surface area contributed by atoms with E-state index in [1.807, 2.05) is 0 Å². The van der Waals surface area contributed by atoms with Crippen molar-refractivity contribution in [3.8, 4) is 0 Å². The van der Waals surface area contributed by atoms with Crippen LogP contribution in [0.2, 0.25) is 0 Å². The first-order chi connectivity index (χ1) is 5.33. The van der Waals surface area contributed by atoms with E-state index in [9.17, 15) is 18.0 Å². The molecule has 2 nitrogen and oxygen atoms in total. The molecule has 0 bridgehead atoms. The molecule has 0 aromatic heterocycles. The van der Waals surface area contributed by atoms with Crippen molar-refractivity contribution >= 4 is 5.91 Å². The molecule has 0 fully saturated rings. The van der Waals surface area contributed by atoms with Crippen molar-refractivity contribution in [1.29, 1.82) is 0 Å². The zero-order valence-corrected chi connectivity index (χ0v) is 6.82. The van der Waals surface area contributed by atoms with E-state index in [2.05, 4.69) is 0 Å². The maximum Gasteiger partial charge on any atom is 0.389 e. The molecule has 0 rings (SSSR count). The average molecular weight is 183 g/mol. The van der Waals surface area contributed by atoms with Crippen LogP contribution in [-0.2, 0) is 4.79 Å². The van der Waals surface area contributed by atoms with Crippen molar-refractivity contribution < 1.29 is 18.0 Å². The number of amides is 1. The minimum Gasteiger partial charge on any atom is -0.369 e. The number of nitrogens with two attached hydrogens (primary N) is 1. The fraction of sp³-hybridized carbons (Fsp3) is 0.857. The van der Waals surface area contributed by atoms with Gasteiger partial charge in [-0.15, -0.1) is 0 Å². The van der Waals surface area contributed by atoms with Gasteiger partial charge in [0.2, 0.25) is 5.91 Å². The topological polar surface area (TPSA) is 43.1 Å². The minimum atomic E-state index is -4.13. The Hall–Kier alpha value is -0.740. The van der Waals surface area contributed by atoms with Gasteiger partial charge in [0.05, 0.1) is 0 Å². The normalized spacial score (nSPS) is 14.3. The Balaban J connectivity index is 3.51. The van der Waals surface area contributed by atoms with Crippen molar-refractivity contribution in [1.82, 2.24) is 0 Å². The minimum absolute atomic E-state index is 0.0341. The molecule has 2 N–H and O–H groups in total. The Morgan fingerprint density at radius 1 is 1.50 bits per heavy atom. The maximum absolute atomic E-state index is 11.6. The third-order valence-electron chi connectivity index (χ3n) is 1.58. The highest BCUT2D eigenvalue weighted by Crippen LogP contribution is 2.23. The summed E-state index contributed by atoms with van der Waals surface area (Å²) in [6, 6.07) is 0. The Morgan fingerprint density at radius 2 is 2.00 bits per heavy atom. The first-order valence-electron chi connectivity index (χ1n) is 3.69. The van der Waals surface area contributed by atoms with Gasteiger partial charge in [0.15, 0.2) is 0 Å². The Bertz CT molecular complexity index is 155. The molecule has 0 heterocycles. The van der Waals surface area contributed by atoms with E-state index in [-0.39, 0.29) is 12.8 Å². The van der Waals surface area contributed by atoms with Gasteiger partial charge in [-0.3, -0.25) is 4.79 Å². The summed E-state index contributed by atoms with van der Waals surface area (Å²) >= 11 is 0. The number of rotatable bonds is 4. The van der Waals surface area contributed by atoms with Crippen LogP contribution >= 0.6 is 0 Å². The van der Waals surface area contributed by atoms with Gasteiger partial charge < -0.3 is 5.73 Å². The van der Waals surface area contributed by atoms with Gasteiger partial charge in [0, 0.05) is 12.3 Å². The van der Waals surface area contributed by atoms with Gasteiger partial charge in [-0.1, -0.05) is 6.92 Å². The van der Waals surface area contributed by atoms with Crippen molar-refractivity contribution in [3.63, 3.8) is 0 Å². The third kappa shape index (κ3) is 6.00. The van der Waals surface area contributed by atoms with E-state index in [0.29, 0.717) is 0 Å². The van der Waals surface area contributed by atoms with Gasteiger partial charge in [-0.2, -0.15) is 13.2 Å². The summed E-state index contributed by atoms with van der Waals surface area (Å²) in [5.74, 6) is -1.01. The number of alkyl halides is 3. The summed E-state index contributed by atoms with van der Waals surface area (Å²) in [5.41, 5.74) is 4.87. The molecular formula is C7H12F3NO. The first-order valence-corrected chi connectivity index (χ1v) is 3.69. The molecule has 0 aliphatic carbocycles. The van der Waals surface area contributed by atoms with Crippen molar-refractivity contribution in [3.05, 3.63) is 0 Å². The number of carbonyl (C=O) groups is 1. The molecule has 0 saturated carbocycles. The molecule has 5 heteroatoms. The summed E-state index contributed by atoms with van der Waals surface area (Å²) in [7, 11) is 0. The average Bonchev–Trinajstić information content (AvgIpc) is 1.84.